The van der Waals surface area contributed by atoms with Crippen molar-refractivity contribution in [3.05, 3.63) is 24.3 Å². The maximum Gasteiger partial charge on any atom is 0.319 e. The van der Waals surface area contributed by atoms with E-state index in [0.29, 0.717) is 0 Å². The normalized spacial score (nSPS) is 12.5. The summed E-state index contributed by atoms with van der Waals surface area (Å²) in [7, 11) is 1.44. The zero-order valence-electron chi connectivity index (χ0n) is 11.1. The molecule has 1 unspecified atom stereocenters. The first-order chi connectivity index (χ1) is 9.24. The van der Waals surface area contributed by atoms with Gasteiger partial charge in [0, 0.05) is 0 Å². The molecule has 0 fully saturated rings. The van der Waals surface area contributed by atoms with Crippen LogP contribution >= 0.6 is 23.1 Å². The Labute approximate surface area is 121 Å². The van der Waals surface area contributed by atoms with Crippen LogP contribution < -0.4 is 0 Å². The van der Waals surface area contributed by atoms with E-state index in [1.54, 1.807) is 11.3 Å². The Morgan fingerprint density at radius 1 is 1.47 bits per heavy atom. The van der Waals surface area contributed by atoms with Gasteiger partial charge in [0.15, 0.2) is 4.34 Å². The summed E-state index contributed by atoms with van der Waals surface area (Å²) in [4.78, 5) is 16.3. The molecule has 2 rings (SSSR count). The van der Waals surface area contributed by atoms with E-state index in [1.807, 2.05) is 18.2 Å². The Hall–Kier alpha value is -1.07. The largest absolute Gasteiger partial charge is 0.468 e. The molecule has 102 valence electrons. The van der Waals surface area contributed by atoms with E-state index in [-0.39, 0.29) is 11.2 Å². The minimum Gasteiger partial charge on any atom is -0.468 e. The predicted octanol–water partition coefficient (Wildman–Crippen LogP) is 4.12. The third-order valence-corrected chi connectivity index (χ3v) is 5.18. The van der Waals surface area contributed by atoms with Crippen molar-refractivity contribution in [3.63, 3.8) is 0 Å². The summed E-state index contributed by atoms with van der Waals surface area (Å²) in [6.07, 6.45) is 2.94. The topological polar surface area (TPSA) is 39.2 Å². The van der Waals surface area contributed by atoms with Crippen molar-refractivity contribution in [2.45, 2.75) is 35.8 Å². The molecule has 0 N–H and O–H groups in total. The SMILES string of the molecule is CCCCC(Sc1nc2ccccc2s1)C(=O)OC. The summed E-state index contributed by atoms with van der Waals surface area (Å²) in [6.45, 7) is 2.12. The van der Waals surface area contributed by atoms with Crippen LogP contribution in [0.3, 0.4) is 0 Å². The Balaban J connectivity index is 2.13. The smallest absolute Gasteiger partial charge is 0.319 e. The molecular formula is C14H17NO2S2. The zero-order chi connectivity index (χ0) is 13.7. The molecule has 0 saturated heterocycles. The Morgan fingerprint density at radius 3 is 2.95 bits per heavy atom. The van der Waals surface area contributed by atoms with Gasteiger partial charge in [0.05, 0.1) is 17.3 Å². The summed E-state index contributed by atoms with van der Waals surface area (Å²) in [5.41, 5.74) is 0.995. The molecular weight excluding hydrogens is 278 g/mol. The predicted molar refractivity (Wildman–Crippen MR) is 80.8 cm³/mol. The van der Waals surface area contributed by atoms with Gasteiger partial charge in [-0.15, -0.1) is 11.3 Å². The average Bonchev–Trinajstić information content (AvgIpc) is 2.84. The number of carbonyl (C=O) groups excluding carboxylic acids is 1. The van der Waals surface area contributed by atoms with Crippen LogP contribution in [0.5, 0.6) is 0 Å². The lowest BCUT2D eigenvalue weighted by molar-refractivity contribution is -0.140. The molecule has 2 aromatic rings. The van der Waals surface area contributed by atoms with E-state index in [0.717, 1.165) is 33.8 Å². The Kier molecular flexibility index (Phi) is 5.22. The number of thioether (sulfide) groups is 1. The molecule has 0 aliphatic rings. The van der Waals surface area contributed by atoms with Crippen molar-refractivity contribution in [2.75, 3.05) is 7.11 Å². The van der Waals surface area contributed by atoms with Crippen LogP contribution in [0.25, 0.3) is 10.2 Å². The van der Waals surface area contributed by atoms with Crippen molar-refractivity contribution in [3.8, 4) is 0 Å². The number of para-hydroxylation sites is 1. The monoisotopic (exact) mass is 295 g/mol. The number of thiazole rings is 1. The van der Waals surface area contributed by atoms with Gasteiger partial charge in [0.2, 0.25) is 0 Å². The second-order valence-electron chi connectivity index (χ2n) is 4.22. The zero-order valence-corrected chi connectivity index (χ0v) is 12.7. The number of rotatable bonds is 6. The highest BCUT2D eigenvalue weighted by atomic mass is 32.2. The van der Waals surface area contributed by atoms with Gasteiger partial charge >= 0.3 is 5.97 Å². The minimum absolute atomic E-state index is 0.148. The molecule has 3 nitrogen and oxygen atoms in total. The molecule has 0 aliphatic heterocycles. The maximum absolute atomic E-state index is 11.8. The van der Waals surface area contributed by atoms with Gasteiger partial charge in [-0.3, -0.25) is 4.79 Å². The van der Waals surface area contributed by atoms with Crippen LogP contribution in [0.4, 0.5) is 0 Å². The summed E-state index contributed by atoms with van der Waals surface area (Å²) >= 11 is 3.15. The lowest BCUT2D eigenvalue weighted by Crippen LogP contribution is -2.18. The molecule has 0 bridgehead atoms. The van der Waals surface area contributed by atoms with E-state index in [4.69, 9.17) is 4.74 Å². The van der Waals surface area contributed by atoms with Crippen molar-refractivity contribution in [1.82, 2.24) is 4.98 Å². The van der Waals surface area contributed by atoms with Crippen molar-refractivity contribution < 1.29 is 9.53 Å². The van der Waals surface area contributed by atoms with Crippen molar-refractivity contribution in [2.24, 2.45) is 0 Å². The fourth-order valence-corrected chi connectivity index (χ4v) is 4.15. The number of fused-ring (bicyclic) bond motifs is 1. The third kappa shape index (κ3) is 3.70. The van der Waals surface area contributed by atoms with Gasteiger partial charge in [-0.05, 0) is 18.6 Å². The number of hydrogen-bond donors (Lipinski definition) is 0. The first-order valence-corrected chi connectivity index (χ1v) is 8.04. The van der Waals surface area contributed by atoms with Crippen LogP contribution in [-0.4, -0.2) is 23.3 Å². The number of carbonyl (C=O) groups is 1. The van der Waals surface area contributed by atoms with Gasteiger partial charge in [-0.2, -0.15) is 0 Å². The number of hydrogen-bond acceptors (Lipinski definition) is 5. The van der Waals surface area contributed by atoms with E-state index in [9.17, 15) is 4.79 Å². The molecule has 0 radical (unpaired) electrons. The number of aromatic nitrogens is 1. The lowest BCUT2D eigenvalue weighted by atomic mass is 10.2. The summed E-state index contributed by atoms with van der Waals surface area (Å²) in [6, 6.07) is 8.03. The minimum atomic E-state index is -0.155. The van der Waals surface area contributed by atoms with E-state index < -0.39 is 0 Å². The number of methoxy groups -OCH3 is 1. The summed E-state index contributed by atoms with van der Waals surface area (Å²) in [5, 5.41) is -0.148. The fourth-order valence-electron chi connectivity index (χ4n) is 1.77. The van der Waals surface area contributed by atoms with Crippen molar-refractivity contribution in [1.29, 1.82) is 0 Å². The third-order valence-electron chi connectivity index (χ3n) is 2.80. The van der Waals surface area contributed by atoms with E-state index in [2.05, 4.69) is 18.0 Å². The lowest BCUT2D eigenvalue weighted by Gasteiger charge is -2.11. The molecule has 1 aromatic heterocycles. The maximum atomic E-state index is 11.8. The van der Waals surface area contributed by atoms with Crippen LogP contribution in [0.1, 0.15) is 26.2 Å². The van der Waals surface area contributed by atoms with Crippen LogP contribution in [0, 0.1) is 0 Å². The first kappa shape index (κ1) is 14.3. The van der Waals surface area contributed by atoms with E-state index in [1.165, 1.54) is 18.9 Å². The molecule has 1 aromatic carbocycles. The van der Waals surface area contributed by atoms with Gasteiger partial charge < -0.3 is 4.74 Å². The van der Waals surface area contributed by atoms with Gasteiger partial charge in [-0.1, -0.05) is 43.7 Å². The Morgan fingerprint density at radius 2 is 2.26 bits per heavy atom. The second-order valence-corrected chi connectivity index (χ2v) is 6.70. The number of esters is 1. The van der Waals surface area contributed by atoms with Crippen LogP contribution in [0.2, 0.25) is 0 Å². The number of ether oxygens (including phenoxy) is 1. The molecule has 0 amide bonds. The number of nitrogens with zero attached hydrogens (tertiary/aromatic N) is 1. The standard InChI is InChI=1S/C14H17NO2S2/c1-3-4-8-12(13(16)17-2)19-14-15-10-7-5-6-9-11(10)18-14/h5-7,9,12H,3-4,8H2,1-2H3. The molecule has 0 saturated carbocycles. The average molecular weight is 295 g/mol. The van der Waals surface area contributed by atoms with Gasteiger partial charge in [-0.25, -0.2) is 4.98 Å². The first-order valence-electron chi connectivity index (χ1n) is 6.34. The van der Waals surface area contributed by atoms with Crippen LogP contribution in [0.15, 0.2) is 28.6 Å². The van der Waals surface area contributed by atoms with Gasteiger partial charge in [0.25, 0.3) is 0 Å². The summed E-state index contributed by atoms with van der Waals surface area (Å²) < 4.78 is 6.97. The molecule has 0 spiro atoms. The van der Waals surface area contributed by atoms with E-state index >= 15 is 0 Å². The quantitative estimate of drug-likeness (QED) is 0.593. The molecule has 1 heterocycles. The summed E-state index contributed by atoms with van der Waals surface area (Å²) in [5.74, 6) is -0.155. The second kappa shape index (κ2) is 6.91. The Bertz CT molecular complexity index is 520. The molecule has 5 heteroatoms. The highest BCUT2D eigenvalue weighted by Gasteiger charge is 2.21. The molecule has 1 atom stereocenters. The highest BCUT2D eigenvalue weighted by molar-refractivity contribution is 8.02. The van der Waals surface area contributed by atoms with Crippen LogP contribution in [-0.2, 0) is 9.53 Å². The van der Waals surface area contributed by atoms with Crippen molar-refractivity contribution >= 4 is 39.3 Å². The number of benzene rings is 1. The highest BCUT2D eigenvalue weighted by Crippen LogP contribution is 2.34. The molecule has 0 aliphatic carbocycles. The van der Waals surface area contributed by atoms with Gasteiger partial charge in [0.1, 0.15) is 5.25 Å². The number of unbranched alkanes of at least 4 members (excludes halogenated alkanes) is 1. The fraction of sp³-hybridized carbons (Fsp3) is 0.429. The molecule has 19 heavy (non-hydrogen) atoms.